The van der Waals surface area contributed by atoms with E-state index in [-0.39, 0.29) is 18.0 Å². The highest BCUT2D eigenvalue weighted by atomic mass is 35.5. The minimum Gasteiger partial charge on any atom is -0.392 e. The SMILES string of the molecule is C=CCN(C(C)(C)C)S(=O)(=O)c1ccc(Cl)c(CO)c1. The predicted octanol–water partition coefficient (Wildman–Crippen LogP) is 2.81. The minimum atomic E-state index is -3.68. The van der Waals surface area contributed by atoms with Gasteiger partial charge in [0, 0.05) is 17.1 Å². The fourth-order valence-electron chi connectivity index (χ4n) is 1.81. The van der Waals surface area contributed by atoms with E-state index in [4.69, 9.17) is 11.6 Å². The molecular formula is C14H20ClNO3S. The molecule has 112 valence electrons. The van der Waals surface area contributed by atoms with Crippen LogP contribution in [-0.4, -0.2) is 29.9 Å². The molecule has 1 N–H and O–H groups in total. The molecule has 4 nitrogen and oxygen atoms in total. The van der Waals surface area contributed by atoms with Crippen molar-refractivity contribution >= 4 is 21.6 Å². The summed E-state index contributed by atoms with van der Waals surface area (Å²) < 4.78 is 26.8. The summed E-state index contributed by atoms with van der Waals surface area (Å²) in [6.45, 7) is 8.96. The van der Waals surface area contributed by atoms with Crippen LogP contribution in [0.4, 0.5) is 0 Å². The molecule has 20 heavy (non-hydrogen) atoms. The Morgan fingerprint density at radius 3 is 2.45 bits per heavy atom. The topological polar surface area (TPSA) is 57.6 Å². The Labute approximate surface area is 125 Å². The molecule has 0 saturated heterocycles. The Morgan fingerprint density at radius 1 is 1.40 bits per heavy atom. The molecule has 0 aliphatic heterocycles. The lowest BCUT2D eigenvalue weighted by Gasteiger charge is -2.33. The Balaban J connectivity index is 3.37. The summed E-state index contributed by atoms with van der Waals surface area (Å²) in [7, 11) is -3.68. The molecule has 0 atom stereocenters. The lowest BCUT2D eigenvalue weighted by molar-refractivity contribution is 0.269. The summed E-state index contributed by atoms with van der Waals surface area (Å²) in [5.41, 5.74) is -0.188. The first-order chi connectivity index (χ1) is 9.14. The van der Waals surface area contributed by atoms with E-state index in [1.165, 1.54) is 22.5 Å². The van der Waals surface area contributed by atoms with Crippen LogP contribution in [-0.2, 0) is 16.6 Å². The number of hydrogen-bond donors (Lipinski definition) is 1. The number of nitrogens with zero attached hydrogens (tertiary/aromatic N) is 1. The Kier molecular flexibility index (Phi) is 5.38. The Morgan fingerprint density at radius 2 is 2.00 bits per heavy atom. The summed E-state index contributed by atoms with van der Waals surface area (Å²) in [4.78, 5) is 0.114. The molecule has 0 heterocycles. The van der Waals surface area contributed by atoms with Crippen molar-refractivity contribution in [3.63, 3.8) is 0 Å². The van der Waals surface area contributed by atoms with Crippen LogP contribution in [0.3, 0.4) is 0 Å². The van der Waals surface area contributed by atoms with Gasteiger partial charge in [0.05, 0.1) is 11.5 Å². The van der Waals surface area contributed by atoms with Crippen molar-refractivity contribution < 1.29 is 13.5 Å². The Hall–Kier alpha value is -0.880. The first-order valence-electron chi connectivity index (χ1n) is 6.17. The molecule has 6 heteroatoms. The van der Waals surface area contributed by atoms with Crippen LogP contribution in [0.2, 0.25) is 5.02 Å². The Bertz CT molecular complexity index is 591. The standard InChI is InChI=1S/C14H20ClNO3S/c1-5-8-16(14(2,3)4)20(18,19)12-6-7-13(15)11(9-12)10-17/h5-7,9,17H,1,8,10H2,2-4H3. The molecule has 0 fully saturated rings. The molecule has 1 rings (SSSR count). The zero-order valence-electron chi connectivity index (χ0n) is 11.9. The van der Waals surface area contributed by atoms with E-state index < -0.39 is 15.6 Å². The van der Waals surface area contributed by atoms with Crippen LogP contribution in [0.15, 0.2) is 35.7 Å². The number of aliphatic hydroxyl groups is 1. The third-order valence-corrected chi connectivity index (χ3v) is 5.31. The third kappa shape index (κ3) is 3.61. The van der Waals surface area contributed by atoms with Gasteiger partial charge in [0.1, 0.15) is 0 Å². The van der Waals surface area contributed by atoms with E-state index in [2.05, 4.69) is 6.58 Å². The molecule has 0 aromatic heterocycles. The summed E-state index contributed by atoms with van der Waals surface area (Å²) in [6.07, 6.45) is 1.55. The maximum atomic E-state index is 12.7. The van der Waals surface area contributed by atoms with Crippen molar-refractivity contribution in [1.29, 1.82) is 0 Å². The fraction of sp³-hybridized carbons (Fsp3) is 0.429. The monoisotopic (exact) mass is 317 g/mol. The van der Waals surface area contributed by atoms with E-state index in [1.54, 1.807) is 6.08 Å². The second kappa shape index (κ2) is 6.26. The van der Waals surface area contributed by atoms with Gasteiger partial charge in [0.15, 0.2) is 0 Å². The quantitative estimate of drug-likeness (QED) is 0.850. The number of aliphatic hydroxyl groups excluding tert-OH is 1. The molecule has 0 saturated carbocycles. The van der Waals surface area contributed by atoms with Crippen molar-refractivity contribution in [3.05, 3.63) is 41.4 Å². The highest BCUT2D eigenvalue weighted by molar-refractivity contribution is 7.89. The second-order valence-corrected chi connectivity index (χ2v) is 7.68. The molecule has 0 radical (unpaired) electrons. The summed E-state index contributed by atoms with van der Waals surface area (Å²) in [6, 6.07) is 4.33. The maximum absolute atomic E-state index is 12.7. The molecular weight excluding hydrogens is 298 g/mol. The molecule has 1 aromatic carbocycles. The van der Waals surface area contributed by atoms with E-state index in [0.717, 1.165) is 0 Å². The van der Waals surface area contributed by atoms with E-state index in [0.29, 0.717) is 10.6 Å². The zero-order chi connectivity index (χ0) is 15.6. The van der Waals surface area contributed by atoms with Gasteiger partial charge >= 0.3 is 0 Å². The van der Waals surface area contributed by atoms with Crippen LogP contribution >= 0.6 is 11.6 Å². The number of benzene rings is 1. The van der Waals surface area contributed by atoms with Crippen molar-refractivity contribution in [3.8, 4) is 0 Å². The normalized spacial score (nSPS) is 12.7. The van der Waals surface area contributed by atoms with Gasteiger partial charge in [0.2, 0.25) is 10.0 Å². The highest BCUT2D eigenvalue weighted by Gasteiger charge is 2.33. The first-order valence-corrected chi connectivity index (χ1v) is 7.99. The van der Waals surface area contributed by atoms with Gasteiger partial charge in [-0.3, -0.25) is 0 Å². The van der Waals surface area contributed by atoms with Crippen molar-refractivity contribution in [1.82, 2.24) is 4.31 Å². The smallest absolute Gasteiger partial charge is 0.243 e. The number of halogens is 1. The van der Waals surface area contributed by atoms with Gasteiger partial charge < -0.3 is 5.11 Å². The lowest BCUT2D eigenvalue weighted by Crippen LogP contribution is -2.45. The van der Waals surface area contributed by atoms with Crippen LogP contribution < -0.4 is 0 Å². The van der Waals surface area contributed by atoms with Gasteiger partial charge in [-0.2, -0.15) is 4.31 Å². The molecule has 0 spiro atoms. The third-order valence-electron chi connectivity index (χ3n) is 2.82. The van der Waals surface area contributed by atoms with Gasteiger partial charge in [-0.1, -0.05) is 17.7 Å². The summed E-state index contributed by atoms with van der Waals surface area (Å²) >= 11 is 5.89. The zero-order valence-corrected chi connectivity index (χ0v) is 13.5. The number of hydrogen-bond acceptors (Lipinski definition) is 3. The second-order valence-electron chi connectivity index (χ2n) is 5.41. The van der Waals surface area contributed by atoms with Gasteiger partial charge in [-0.05, 0) is 44.5 Å². The maximum Gasteiger partial charge on any atom is 0.243 e. The largest absolute Gasteiger partial charge is 0.392 e. The molecule has 0 amide bonds. The van der Waals surface area contributed by atoms with Crippen LogP contribution in [0, 0.1) is 0 Å². The van der Waals surface area contributed by atoms with Crippen LogP contribution in [0.5, 0.6) is 0 Å². The average molecular weight is 318 g/mol. The van der Waals surface area contributed by atoms with Gasteiger partial charge in [-0.15, -0.1) is 6.58 Å². The van der Waals surface area contributed by atoms with E-state index in [9.17, 15) is 13.5 Å². The summed E-state index contributed by atoms with van der Waals surface area (Å²) in [5, 5.41) is 9.55. The molecule has 0 aliphatic carbocycles. The molecule has 0 aliphatic rings. The molecule has 0 bridgehead atoms. The average Bonchev–Trinajstić information content (AvgIpc) is 2.34. The number of sulfonamides is 1. The van der Waals surface area contributed by atoms with Crippen molar-refractivity contribution in [2.45, 2.75) is 37.8 Å². The van der Waals surface area contributed by atoms with Crippen LogP contribution in [0.1, 0.15) is 26.3 Å². The van der Waals surface area contributed by atoms with E-state index >= 15 is 0 Å². The predicted molar refractivity (Wildman–Crippen MR) is 81.2 cm³/mol. The lowest BCUT2D eigenvalue weighted by atomic mass is 10.1. The van der Waals surface area contributed by atoms with Crippen molar-refractivity contribution in [2.24, 2.45) is 0 Å². The summed E-state index contributed by atoms with van der Waals surface area (Å²) in [5.74, 6) is 0. The van der Waals surface area contributed by atoms with Gasteiger partial charge in [0.25, 0.3) is 0 Å². The minimum absolute atomic E-state index is 0.114. The molecule has 0 unspecified atom stereocenters. The first kappa shape index (κ1) is 17.2. The number of rotatable bonds is 5. The van der Waals surface area contributed by atoms with Crippen LogP contribution in [0.25, 0.3) is 0 Å². The van der Waals surface area contributed by atoms with Gasteiger partial charge in [-0.25, -0.2) is 8.42 Å². The van der Waals surface area contributed by atoms with Crippen molar-refractivity contribution in [2.75, 3.05) is 6.54 Å². The highest BCUT2D eigenvalue weighted by Crippen LogP contribution is 2.27. The molecule has 1 aromatic rings. The fourth-order valence-corrected chi connectivity index (χ4v) is 3.80. The van der Waals surface area contributed by atoms with E-state index in [1.807, 2.05) is 20.8 Å².